The number of rotatable bonds is 3. The first-order valence-electron chi connectivity index (χ1n) is 13.6. The average Bonchev–Trinajstić information content (AvgIpc) is 3.41. The summed E-state index contributed by atoms with van der Waals surface area (Å²) in [5, 5.41) is 3.91. The Bertz CT molecular complexity index is 2340. The van der Waals surface area contributed by atoms with Crippen molar-refractivity contribution in [1.82, 2.24) is 9.38 Å². The topological polar surface area (TPSA) is 34.4 Å². The van der Waals surface area contributed by atoms with Crippen LogP contribution in [0.1, 0.15) is 5.56 Å². The van der Waals surface area contributed by atoms with Gasteiger partial charge in [0.05, 0.1) is 11.0 Å². The number of hydrogen-bond acceptors (Lipinski definition) is 2. The van der Waals surface area contributed by atoms with E-state index in [0.29, 0.717) is 16.1 Å². The second-order valence-corrected chi connectivity index (χ2v) is 10.9. The predicted molar refractivity (Wildman–Crippen MR) is 171 cm³/mol. The Hall–Kier alpha value is -4.99. The molecule has 8 rings (SSSR count). The zero-order valence-corrected chi connectivity index (χ0v) is 23.0. The number of imidazole rings is 1. The fourth-order valence-corrected chi connectivity index (χ4v) is 6.50. The Morgan fingerprint density at radius 2 is 1.29 bits per heavy atom. The highest BCUT2D eigenvalue weighted by molar-refractivity contribution is 6.39. The van der Waals surface area contributed by atoms with Gasteiger partial charge in [0.1, 0.15) is 5.65 Å². The molecule has 0 aliphatic heterocycles. The molecule has 8 aromatic rings. The van der Waals surface area contributed by atoms with Crippen molar-refractivity contribution in [2.75, 3.05) is 0 Å². The van der Waals surface area contributed by atoms with Crippen molar-refractivity contribution in [3.05, 3.63) is 142 Å². The SMILES string of the molecule is Cc1ccccc1-c1ccc2c(=O)n3c4cc(-c5ccccc5)cc(-c5ccccc5)c4nc3c3ccc(Cl)c1c23. The highest BCUT2D eigenvalue weighted by Crippen LogP contribution is 2.42. The maximum absolute atomic E-state index is 14.4. The number of aromatic nitrogens is 2. The molecule has 41 heavy (non-hydrogen) atoms. The number of halogens is 1. The van der Waals surface area contributed by atoms with Gasteiger partial charge in [-0.25, -0.2) is 4.98 Å². The minimum Gasteiger partial charge on any atom is -0.268 e. The summed E-state index contributed by atoms with van der Waals surface area (Å²) in [4.78, 5) is 19.6. The van der Waals surface area contributed by atoms with Gasteiger partial charge in [-0.1, -0.05) is 103 Å². The van der Waals surface area contributed by atoms with Crippen LogP contribution in [0.3, 0.4) is 0 Å². The Kier molecular flexibility index (Phi) is 5.25. The molecule has 0 unspecified atom stereocenters. The third kappa shape index (κ3) is 3.53. The van der Waals surface area contributed by atoms with Crippen LogP contribution in [0.4, 0.5) is 0 Å². The number of pyridine rings is 1. The zero-order valence-electron chi connectivity index (χ0n) is 22.2. The van der Waals surface area contributed by atoms with Crippen LogP contribution in [0.25, 0.3) is 71.6 Å². The lowest BCUT2D eigenvalue weighted by Crippen LogP contribution is -2.13. The molecule has 0 radical (unpaired) electrons. The minimum absolute atomic E-state index is 0.0946. The molecule has 0 saturated heterocycles. The fraction of sp³-hybridized carbons (Fsp3) is 0.0270. The standard InChI is InChI=1S/C37H23ClN2O/c1-22-10-8-9-15-26(22)27-16-17-29-33-28(18-19-31(38)34(27)33)36-39-35-30(24-13-6-3-7-14-24)20-25(23-11-4-2-5-12-23)21-32(35)40(36)37(29)41/h2-21H,1H3. The highest BCUT2D eigenvalue weighted by Gasteiger charge is 2.22. The first kappa shape index (κ1) is 23.9. The van der Waals surface area contributed by atoms with Gasteiger partial charge in [0.2, 0.25) is 0 Å². The molecule has 0 spiro atoms. The van der Waals surface area contributed by atoms with E-state index in [1.807, 2.05) is 72.8 Å². The average molecular weight is 547 g/mol. The lowest BCUT2D eigenvalue weighted by molar-refractivity contribution is 1.19. The van der Waals surface area contributed by atoms with Gasteiger partial charge >= 0.3 is 0 Å². The summed E-state index contributed by atoms with van der Waals surface area (Å²) < 4.78 is 1.78. The van der Waals surface area contributed by atoms with E-state index in [1.165, 1.54) is 0 Å². The predicted octanol–water partition coefficient (Wildman–Crippen LogP) is 9.55. The smallest absolute Gasteiger partial charge is 0.264 e. The summed E-state index contributed by atoms with van der Waals surface area (Å²) >= 11 is 6.90. The van der Waals surface area contributed by atoms with Crippen molar-refractivity contribution in [2.24, 2.45) is 0 Å². The third-order valence-corrected chi connectivity index (χ3v) is 8.49. The van der Waals surface area contributed by atoms with Crippen molar-refractivity contribution in [3.63, 3.8) is 0 Å². The van der Waals surface area contributed by atoms with E-state index in [-0.39, 0.29) is 5.56 Å². The van der Waals surface area contributed by atoms with Crippen molar-refractivity contribution in [1.29, 1.82) is 0 Å². The lowest BCUT2D eigenvalue weighted by Gasteiger charge is -2.14. The number of fused-ring (bicyclic) bond motifs is 4. The molecule has 4 heteroatoms. The van der Waals surface area contributed by atoms with E-state index in [9.17, 15) is 4.79 Å². The Morgan fingerprint density at radius 3 is 2.05 bits per heavy atom. The van der Waals surface area contributed by atoms with E-state index in [0.717, 1.165) is 66.1 Å². The van der Waals surface area contributed by atoms with Gasteiger partial charge in [-0.3, -0.25) is 9.20 Å². The second kappa shape index (κ2) is 9.02. The number of aryl methyl sites for hydroxylation is 1. The quantitative estimate of drug-likeness (QED) is 0.221. The molecular formula is C37H23ClN2O. The molecule has 2 aromatic heterocycles. The van der Waals surface area contributed by atoms with E-state index in [4.69, 9.17) is 16.6 Å². The maximum atomic E-state index is 14.4. The summed E-state index contributed by atoms with van der Waals surface area (Å²) in [7, 11) is 0. The number of nitrogens with zero attached hydrogens (tertiary/aromatic N) is 2. The molecule has 6 aromatic carbocycles. The van der Waals surface area contributed by atoms with Gasteiger partial charge in [0.15, 0.2) is 0 Å². The van der Waals surface area contributed by atoms with Crippen LogP contribution < -0.4 is 5.56 Å². The molecule has 0 aliphatic rings. The first-order chi connectivity index (χ1) is 20.1. The Labute approximate surface area is 241 Å². The zero-order chi connectivity index (χ0) is 27.7. The molecule has 2 heterocycles. The monoisotopic (exact) mass is 546 g/mol. The third-order valence-electron chi connectivity index (χ3n) is 8.17. The lowest BCUT2D eigenvalue weighted by atomic mass is 9.92. The molecule has 194 valence electrons. The van der Waals surface area contributed by atoms with Crippen molar-refractivity contribution >= 4 is 49.8 Å². The Balaban J connectivity index is 1.55. The van der Waals surface area contributed by atoms with E-state index in [1.54, 1.807) is 4.40 Å². The second-order valence-electron chi connectivity index (χ2n) is 10.5. The number of hydrogen-bond donors (Lipinski definition) is 0. The van der Waals surface area contributed by atoms with Gasteiger partial charge < -0.3 is 0 Å². The number of benzene rings is 6. The highest BCUT2D eigenvalue weighted by atomic mass is 35.5. The largest absolute Gasteiger partial charge is 0.268 e. The summed E-state index contributed by atoms with van der Waals surface area (Å²) in [6.45, 7) is 2.10. The van der Waals surface area contributed by atoms with Crippen LogP contribution >= 0.6 is 11.6 Å². The van der Waals surface area contributed by atoms with Gasteiger partial charge in [-0.2, -0.15) is 0 Å². The first-order valence-corrected chi connectivity index (χ1v) is 14.0. The van der Waals surface area contributed by atoms with Crippen LogP contribution in [0.5, 0.6) is 0 Å². The van der Waals surface area contributed by atoms with E-state index < -0.39 is 0 Å². The van der Waals surface area contributed by atoms with Crippen LogP contribution in [-0.4, -0.2) is 9.38 Å². The fourth-order valence-electron chi connectivity index (χ4n) is 6.24. The van der Waals surface area contributed by atoms with Gasteiger partial charge in [-0.05, 0) is 70.6 Å². The summed E-state index contributed by atoms with van der Waals surface area (Å²) in [5.74, 6) is 0. The minimum atomic E-state index is -0.0946. The molecule has 0 bridgehead atoms. The van der Waals surface area contributed by atoms with Crippen LogP contribution in [-0.2, 0) is 0 Å². The van der Waals surface area contributed by atoms with Crippen LogP contribution in [0.15, 0.2) is 126 Å². The molecule has 0 atom stereocenters. The normalized spacial score (nSPS) is 11.8. The van der Waals surface area contributed by atoms with Gasteiger partial charge in [0.25, 0.3) is 5.56 Å². The molecule has 0 saturated carbocycles. The van der Waals surface area contributed by atoms with Gasteiger partial charge in [0, 0.05) is 32.1 Å². The molecule has 0 aliphatic carbocycles. The summed E-state index contributed by atoms with van der Waals surface area (Å²) in [5.41, 5.74) is 9.58. The van der Waals surface area contributed by atoms with E-state index in [2.05, 4.69) is 55.5 Å². The van der Waals surface area contributed by atoms with Crippen LogP contribution in [0.2, 0.25) is 5.02 Å². The van der Waals surface area contributed by atoms with Crippen LogP contribution in [0, 0.1) is 6.92 Å². The maximum Gasteiger partial charge on any atom is 0.264 e. The Morgan fingerprint density at radius 1 is 0.610 bits per heavy atom. The summed E-state index contributed by atoms with van der Waals surface area (Å²) in [6.07, 6.45) is 0. The summed E-state index contributed by atoms with van der Waals surface area (Å²) in [6, 6.07) is 41.0. The van der Waals surface area contributed by atoms with E-state index >= 15 is 0 Å². The molecule has 0 fully saturated rings. The molecule has 3 nitrogen and oxygen atoms in total. The van der Waals surface area contributed by atoms with Crippen molar-refractivity contribution in [3.8, 4) is 33.4 Å². The molecule has 0 N–H and O–H groups in total. The van der Waals surface area contributed by atoms with Crippen molar-refractivity contribution in [2.45, 2.75) is 6.92 Å². The molecular weight excluding hydrogens is 524 g/mol. The van der Waals surface area contributed by atoms with Gasteiger partial charge in [-0.15, -0.1) is 0 Å². The molecule has 0 amide bonds. The van der Waals surface area contributed by atoms with Crippen molar-refractivity contribution < 1.29 is 0 Å².